The number of benzene rings is 1. The lowest BCUT2D eigenvalue weighted by Gasteiger charge is -2.35. The summed E-state index contributed by atoms with van der Waals surface area (Å²) in [5.74, 6) is -0.449. The first-order valence-corrected chi connectivity index (χ1v) is 7.71. The average Bonchev–Trinajstić information content (AvgIpc) is 2.56. The summed E-state index contributed by atoms with van der Waals surface area (Å²) >= 11 is 6.23. The van der Waals surface area contributed by atoms with Crippen molar-refractivity contribution in [2.45, 2.75) is 13.0 Å². The molecule has 1 atom stereocenters. The summed E-state index contributed by atoms with van der Waals surface area (Å²) in [6.45, 7) is 2.70. The maximum Gasteiger partial charge on any atom is 0.256 e. The Bertz CT molecular complexity index is 746. The predicted molar refractivity (Wildman–Crippen MR) is 87.2 cm³/mol. The number of pyridine rings is 1. The molecular formula is C17H16ClN3O2. The molecule has 1 saturated heterocycles. The van der Waals surface area contributed by atoms with Gasteiger partial charge in [0, 0.05) is 35.6 Å². The molecule has 0 saturated carbocycles. The maximum atomic E-state index is 12.8. The summed E-state index contributed by atoms with van der Waals surface area (Å²) in [4.78, 5) is 30.9. The van der Waals surface area contributed by atoms with E-state index in [1.54, 1.807) is 41.3 Å². The number of rotatable bonds is 2. The number of hydrogen-bond donors (Lipinski definition) is 1. The highest BCUT2D eigenvalue weighted by Gasteiger charge is 2.35. The molecule has 1 unspecified atom stereocenters. The molecule has 23 heavy (non-hydrogen) atoms. The SMILES string of the molecule is Cc1ccc(C(=O)N2CCNC(=O)C2c2ccccc2Cl)cn1. The molecule has 2 heterocycles. The number of nitrogens with one attached hydrogen (secondary N) is 1. The van der Waals surface area contributed by atoms with Crippen LogP contribution in [0.4, 0.5) is 0 Å². The lowest BCUT2D eigenvalue weighted by molar-refractivity contribution is -0.128. The minimum atomic E-state index is -0.730. The number of amides is 2. The van der Waals surface area contributed by atoms with Crippen LogP contribution in [0.1, 0.15) is 27.7 Å². The van der Waals surface area contributed by atoms with Crippen molar-refractivity contribution >= 4 is 23.4 Å². The molecule has 2 aromatic rings. The van der Waals surface area contributed by atoms with E-state index < -0.39 is 6.04 Å². The van der Waals surface area contributed by atoms with Gasteiger partial charge in [0.05, 0.1) is 5.56 Å². The van der Waals surface area contributed by atoms with Crippen LogP contribution in [0.5, 0.6) is 0 Å². The van der Waals surface area contributed by atoms with Crippen LogP contribution in [0.15, 0.2) is 42.6 Å². The number of aryl methyl sites for hydroxylation is 1. The second kappa shape index (κ2) is 6.38. The quantitative estimate of drug-likeness (QED) is 0.920. The smallest absolute Gasteiger partial charge is 0.256 e. The summed E-state index contributed by atoms with van der Waals surface area (Å²) in [6.07, 6.45) is 1.54. The molecular weight excluding hydrogens is 314 g/mol. The monoisotopic (exact) mass is 329 g/mol. The van der Waals surface area contributed by atoms with Gasteiger partial charge >= 0.3 is 0 Å². The van der Waals surface area contributed by atoms with Crippen molar-refractivity contribution in [3.05, 3.63) is 64.4 Å². The first kappa shape index (κ1) is 15.5. The maximum absolute atomic E-state index is 12.8. The number of carbonyl (C=O) groups excluding carboxylic acids is 2. The van der Waals surface area contributed by atoms with Gasteiger partial charge in [-0.25, -0.2) is 0 Å². The van der Waals surface area contributed by atoms with Gasteiger partial charge in [0.15, 0.2) is 0 Å². The van der Waals surface area contributed by atoms with E-state index in [4.69, 9.17) is 11.6 Å². The van der Waals surface area contributed by atoms with Gasteiger partial charge in [0.1, 0.15) is 6.04 Å². The largest absolute Gasteiger partial charge is 0.352 e. The third kappa shape index (κ3) is 3.05. The van der Waals surface area contributed by atoms with Crippen molar-refractivity contribution in [2.24, 2.45) is 0 Å². The van der Waals surface area contributed by atoms with E-state index in [0.717, 1.165) is 5.69 Å². The molecule has 1 aliphatic rings. The summed E-state index contributed by atoms with van der Waals surface area (Å²) in [5, 5.41) is 3.26. The molecule has 0 spiro atoms. The van der Waals surface area contributed by atoms with Crippen molar-refractivity contribution in [1.29, 1.82) is 0 Å². The minimum Gasteiger partial charge on any atom is -0.352 e. The molecule has 1 fully saturated rings. The van der Waals surface area contributed by atoms with Gasteiger partial charge in [-0.2, -0.15) is 0 Å². The Morgan fingerprint density at radius 3 is 2.78 bits per heavy atom. The highest BCUT2D eigenvalue weighted by molar-refractivity contribution is 6.31. The van der Waals surface area contributed by atoms with Gasteiger partial charge in [-0.15, -0.1) is 0 Å². The number of aromatic nitrogens is 1. The van der Waals surface area contributed by atoms with Crippen LogP contribution in [-0.4, -0.2) is 34.8 Å². The van der Waals surface area contributed by atoms with Gasteiger partial charge in [-0.1, -0.05) is 29.8 Å². The second-order valence-electron chi connectivity index (χ2n) is 5.40. The third-order valence-corrected chi connectivity index (χ3v) is 4.18. The molecule has 2 amide bonds. The zero-order valence-electron chi connectivity index (χ0n) is 12.6. The first-order valence-electron chi connectivity index (χ1n) is 7.33. The van der Waals surface area contributed by atoms with E-state index in [1.807, 2.05) is 6.92 Å². The van der Waals surface area contributed by atoms with Gasteiger partial charge in [0.25, 0.3) is 5.91 Å². The van der Waals surface area contributed by atoms with Crippen LogP contribution in [0.2, 0.25) is 5.02 Å². The summed E-state index contributed by atoms with van der Waals surface area (Å²) in [5.41, 5.74) is 1.92. The fourth-order valence-electron chi connectivity index (χ4n) is 2.65. The molecule has 1 aromatic carbocycles. The number of piperazine rings is 1. The van der Waals surface area contributed by atoms with Crippen LogP contribution in [0.3, 0.4) is 0 Å². The van der Waals surface area contributed by atoms with Crippen molar-refractivity contribution < 1.29 is 9.59 Å². The predicted octanol–water partition coefficient (Wildman–Crippen LogP) is 2.36. The Hall–Kier alpha value is -2.40. The summed E-state index contributed by atoms with van der Waals surface area (Å²) in [7, 11) is 0. The fraction of sp³-hybridized carbons (Fsp3) is 0.235. The van der Waals surface area contributed by atoms with Crippen molar-refractivity contribution in [1.82, 2.24) is 15.2 Å². The van der Waals surface area contributed by atoms with E-state index in [9.17, 15) is 9.59 Å². The van der Waals surface area contributed by atoms with Crippen LogP contribution in [-0.2, 0) is 4.79 Å². The van der Waals surface area contributed by atoms with E-state index in [-0.39, 0.29) is 11.8 Å². The van der Waals surface area contributed by atoms with Crippen molar-refractivity contribution in [3.63, 3.8) is 0 Å². The Morgan fingerprint density at radius 2 is 2.09 bits per heavy atom. The Balaban J connectivity index is 1.98. The van der Waals surface area contributed by atoms with E-state index >= 15 is 0 Å². The van der Waals surface area contributed by atoms with Crippen molar-refractivity contribution in [2.75, 3.05) is 13.1 Å². The Labute approximate surface area is 139 Å². The number of nitrogens with zero attached hydrogens (tertiary/aromatic N) is 2. The second-order valence-corrected chi connectivity index (χ2v) is 5.81. The van der Waals surface area contributed by atoms with Gasteiger partial charge in [-0.05, 0) is 25.1 Å². The highest BCUT2D eigenvalue weighted by atomic mass is 35.5. The normalized spacial score (nSPS) is 17.7. The minimum absolute atomic E-state index is 0.224. The van der Waals surface area contributed by atoms with E-state index in [2.05, 4.69) is 10.3 Å². The third-order valence-electron chi connectivity index (χ3n) is 3.83. The first-order chi connectivity index (χ1) is 11.1. The zero-order chi connectivity index (χ0) is 16.4. The van der Waals surface area contributed by atoms with Crippen LogP contribution in [0, 0.1) is 6.92 Å². The van der Waals surface area contributed by atoms with Crippen LogP contribution < -0.4 is 5.32 Å². The molecule has 0 radical (unpaired) electrons. The number of carbonyl (C=O) groups is 2. The molecule has 3 rings (SSSR count). The molecule has 0 bridgehead atoms. The number of hydrogen-bond acceptors (Lipinski definition) is 3. The average molecular weight is 330 g/mol. The Kier molecular flexibility index (Phi) is 4.30. The molecule has 6 heteroatoms. The van der Waals surface area contributed by atoms with Crippen LogP contribution >= 0.6 is 11.6 Å². The van der Waals surface area contributed by atoms with E-state index in [1.165, 1.54) is 6.20 Å². The topological polar surface area (TPSA) is 62.3 Å². The van der Waals surface area contributed by atoms with Gasteiger partial charge in [-0.3, -0.25) is 14.6 Å². The number of halogens is 1. The van der Waals surface area contributed by atoms with E-state index in [0.29, 0.717) is 29.2 Å². The summed E-state index contributed by atoms with van der Waals surface area (Å²) in [6, 6.07) is 9.86. The van der Waals surface area contributed by atoms with Crippen molar-refractivity contribution in [3.8, 4) is 0 Å². The molecule has 5 nitrogen and oxygen atoms in total. The highest BCUT2D eigenvalue weighted by Crippen LogP contribution is 2.30. The molecule has 118 valence electrons. The van der Waals surface area contributed by atoms with Gasteiger partial charge < -0.3 is 10.2 Å². The lowest BCUT2D eigenvalue weighted by atomic mass is 10.0. The lowest BCUT2D eigenvalue weighted by Crippen LogP contribution is -2.52. The zero-order valence-corrected chi connectivity index (χ0v) is 13.4. The fourth-order valence-corrected chi connectivity index (χ4v) is 2.89. The van der Waals surface area contributed by atoms with Gasteiger partial charge in [0.2, 0.25) is 5.91 Å². The molecule has 1 aliphatic heterocycles. The molecule has 0 aliphatic carbocycles. The standard InChI is InChI=1S/C17H16ClN3O2/c1-11-6-7-12(10-20-11)17(23)21-9-8-19-16(22)15(21)13-4-2-3-5-14(13)18/h2-7,10,15H,8-9H2,1H3,(H,19,22). The Morgan fingerprint density at radius 1 is 1.30 bits per heavy atom. The summed E-state index contributed by atoms with van der Waals surface area (Å²) < 4.78 is 0. The molecule has 1 N–H and O–H groups in total. The molecule has 1 aromatic heterocycles. The van der Waals surface area contributed by atoms with Crippen LogP contribution in [0.25, 0.3) is 0 Å².